The summed E-state index contributed by atoms with van der Waals surface area (Å²) in [5.74, 6) is 1.05. The first kappa shape index (κ1) is 13.7. The molecule has 3 heteroatoms. The average Bonchev–Trinajstić information content (AvgIpc) is 2.46. The van der Waals surface area contributed by atoms with Gasteiger partial charge in [-0.25, -0.2) is 0 Å². The minimum atomic E-state index is 0.117. The Labute approximate surface area is 120 Å². The van der Waals surface area contributed by atoms with Crippen molar-refractivity contribution in [1.29, 1.82) is 0 Å². The summed E-state index contributed by atoms with van der Waals surface area (Å²) in [6, 6.07) is 6.44. The van der Waals surface area contributed by atoms with Crippen LogP contribution in [0.25, 0.3) is 0 Å². The molecule has 1 aromatic carbocycles. The van der Waals surface area contributed by atoms with Gasteiger partial charge in [0.05, 0.1) is 6.61 Å². The van der Waals surface area contributed by atoms with Gasteiger partial charge in [0.2, 0.25) is 0 Å². The van der Waals surface area contributed by atoms with Crippen molar-refractivity contribution in [3.05, 3.63) is 42.0 Å². The molecule has 1 aromatic rings. The molecule has 1 aliphatic carbocycles. The number of rotatable bonds is 4. The van der Waals surface area contributed by atoms with Gasteiger partial charge in [-0.2, -0.15) is 0 Å². The van der Waals surface area contributed by atoms with Crippen molar-refractivity contribution < 1.29 is 9.84 Å². The SMILES string of the molecule is C=CCOC(C)N1CCC2CC1Cc1c(O)cccc12. The van der Waals surface area contributed by atoms with Gasteiger partial charge in [-0.05, 0) is 49.3 Å². The Morgan fingerprint density at radius 2 is 2.40 bits per heavy atom. The monoisotopic (exact) mass is 273 g/mol. The van der Waals surface area contributed by atoms with Gasteiger partial charge in [0, 0.05) is 12.6 Å². The molecule has 3 unspecified atom stereocenters. The van der Waals surface area contributed by atoms with Gasteiger partial charge in [0.25, 0.3) is 0 Å². The first-order valence-corrected chi connectivity index (χ1v) is 7.49. The van der Waals surface area contributed by atoms with E-state index in [2.05, 4.69) is 24.5 Å². The van der Waals surface area contributed by atoms with Crippen LogP contribution in [0.3, 0.4) is 0 Å². The molecule has 0 saturated carbocycles. The standard InChI is InChI=1S/C17H23NO2/c1-3-9-20-12(2)18-8-7-13-10-14(18)11-16-15(13)5-4-6-17(16)19/h3-6,12-14,19H,1,7-11H2,2H3. The Morgan fingerprint density at radius 3 is 3.20 bits per heavy atom. The molecule has 3 nitrogen and oxygen atoms in total. The van der Waals surface area contributed by atoms with E-state index >= 15 is 0 Å². The summed E-state index contributed by atoms with van der Waals surface area (Å²) < 4.78 is 5.79. The maximum atomic E-state index is 10.1. The molecule has 1 saturated heterocycles. The molecule has 1 fully saturated rings. The number of hydrogen-bond donors (Lipinski definition) is 1. The van der Waals surface area contributed by atoms with Crippen LogP contribution in [0.4, 0.5) is 0 Å². The Kier molecular flexibility index (Phi) is 3.81. The number of phenols is 1. The summed E-state index contributed by atoms with van der Waals surface area (Å²) in [5.41, 5.74) is 2.51. The Balaban J connectivity index is 1.80. The minimum Gasteiger partial charge on any atom is -0.508 e. The third-order valence-corrected chi connectivity index (χ3v) is 4.75. The van der Waals surface area contributed by atoms with Gasteiger partial charge in [-0.3, -0.25) is 4.90 Å². The molecule has 2 bridgehead atoms. The van der Waals surface area contributed by atoms with Crippen LogP contribution in [0, 0.1) is 0 Å². The van der Waals surface area contributed by atoms with E-state index in [4.69, 9.17) is 4.74 Å². The van der Waals surface area contributed by atoms with Crippen molar-refractivity contribution in [2.75, 3.05) is 13.2 Å². The van der Waals surface area contributed by atoms with Crippen LogP contribution in [-0.4, -0.2) is 35.4 Å². The minimum absolute atomic E-state index is 0.117. The largest absolute Gasteiger partial charge is 0.508 e. The summed E-state index contributed by atoms with van der Waals surface area (Å²) in [5, 5.41) is 10.1. The quantitative estimate of drug-likeness (QED) is 0.856. The van der Waals surface area contributed by atoms with Gasteiger partial charge in [-0.1, -0.05) is 18.2 Å². The highest BCUT2D eigenvalue weighted by molar-refractivity contribution is 5.44. The lowest BCUT2D eigenvalue weighted by atomic mass is 9.75. The predicted octanol–water partition coefficient (Wildman–Crippen LogP) is 3.04. The molecule has 0 amide bonds. The van der Waals surface area contributed by atoms with Crippen LogP contribution in [0.5, 0.6) is 5.75 Å². The maximum absolute atomic E-state index is 10.1. The van der Waals surface area contributed by atoms with Crippen molar-refractivity contribution >= 4 is 0 Å². The molecule has 1 N–H and O–H groups in total. The first-order valence-electron chi connectivity index (χ1n) is 7.49. The Bertz CT molecular complexity index is 500. The molecular weight excluding hydrogens is 250 g/mol. The van der Waals surface area contributed by atoms with Gasteiger partial charge in [0.1, 0.15) is 12.0 Å². The second-order valence-electron chi connectivity index (χ2n) is 5.88. The second-order valence-corrected chi connectivity index (χ2v) is 5.88. The molecule has 1 heterocycles. The highest BCUT2D eigenvalue weighted by Crippen LogP contribution is 2.43. The highest BCUT2D eigenvalue weighted by atomic mass is 16.5. The van der Waals surface area contributed by atoms with E-state index in [1.54, 1.807) is 6.08 Å². The predicted molar refractivity (Wildman–Crippen MR) is 79.9 cm³/mol. The molecule has 3 atom stereocenters. The average molecular weight is 273 g/mol. The molecule has 20 heavy (non-hydrogen) atoms. The smallest absolute Gasteiger partial charge is 0.119 e. The number of piperidine rings is 1. The Morgan fingerprint density at radius 1 is 1.55 bits per heavy atom. The lowest BCUT2D eigenvalue weighted by molar-refractivity contribution is -0.0738. The van der Waals surface area contributed by atoms with Crippen molar-refractivity contribution in [3.8, 4) is 5.75 Å². The van der Waals surface area contributed by atoms with Crippen molar-refractivity contribution in [1.82, 2.24) is 4.90 Å². The van der Waals surface area contributed by atoms with E-state index in [1.807, 2.05) is 12.1 Å². The molecule has 0 aromatic heterocycles. The van der Waals surface area contributed by atoms with E-state index in [0.717, 1.165) is 24.9 Å². The van der Waals surface area contributed by atoms with Gasteiger partial charge in [-0.15, -0.1) is 6.58 Å². The van der Waals surface area contributed by atoms with Gasteiger partial charge in [0.15, 0.2) is 0 Å². The van der Waals surface area contributed by atoms with Crippen molar-refractivity contribution in [2.24, 2.45) is 0 Å². The summed E-state index contributed by atoms with van der Waals surface area (Å²) in [7, 11) is 0. The van der Waals surface area contributed by atoms with Gasteiger partial charge >= 0.3 is 0 Å². The van der Waals surface area contributed by atoms with Crippen molar-refractivity contribution in [2.45, 2.75) is 44.4 Å². The third kappa shape index (κ3) is 2.36. The van der Waals surface area contributed by atoms with E-state index in [0.29, 0.717) is 24.3 Å². The van der Waals surface area contributed by atoms with Crippen LogP contribution >= 0.6 is 0 Å². The fourth-order valence-corrected chi connectivity index (χ4v) is 3.77. The number of aromatic hydroxyl groups is 1. The van der Waals surface area contributed by atoms with Gasteiger partial charge < -0.3 is 9.84 Å². The third-order valence-electron chi connectivity index (χ3n) is 4.75. The van der Waals surface area contributed by atoms with E-state index in [1.165, 1.54) is 12.0 Å². The van der Waals surface area contributed by atoms with Crippen LogP contribution in [0.2, 0.25) is 0 Å². The van der Waals surface area contributed by atoms with E-state index in [-0.39, 0.29) is 6.23 Å². The van der Waals surface area contributed by atoms with Crippen LogP contribution in [-0.2, 0) is 11.2 Å². The van der Waals surface area contributed by atoms with Crippen LogP contribution in [0.15, 0.2) is 30.9 Å². The number of fused-ring (bicyclic) bond motifs is 4. The molecule has 108 valence electrons. The van der Waals surface area contributed by atoms with Crippen LogP contribution in [0.1, 0.15) is 36.8 Å². The molecular formula is C17H23NO2. The van der Waals surface area contributed by atoms with E-state index < -0.39 is 0 Å². The lowest BCUT2D eigenvalue weighted by Gasteiger charge is -2.46. The lowest BCUT2D eigenvalue weighted by Crippen LogP contribution is -2.50. The number of benzene rings is 1. The zero-order valence-corrected chi connectivity index (χ0v) is 12.1. The molecule has 0 radical (unpaired) electrons. The zero-order chi connectivity index (χ0) is 14.1. The number of nitrogens with zero attached hydrogens (tertiary/aromatic N) is 1. The first-order chi connectivity index (χ1) is 9.70. The van der Waals surface area contributed by atoms with E-state index in [9.17, 15) is 5.11 Å². The number of hydrogen-bond acceptors (Lipinski definition) is 3. The summed E-state index contributed by atoms with van der Waals surface area (Å²) >= 11 is 0. The number of likely N-dealkylation sites (tertiary alicyclic amines) is 1. The molecule has 2 aliphatic rings. The zero-order valence-electron chi connectivity index (χ0n) is 12.1. The normalized spacial score (nSPS) is 26.9. The summed E-state index contributed by atoms with van der Waals surface area (Å²) in [6.45, 7) is 7.49. The molecule has 0 spiro atoms. The van der Waals surface area contributed by atoms with Crippen molar-refractivity contribution in [3.63, 3.8) is 0 Å². The topological polar surface area (TPSA) is 32.7 Å². The fourth-order valence-electron chi connectivity index (χ4n) is 3.77. The number of ether oxygens (including phenoxy) is 1. The molecule has 1 aliphatic heterocycles. The maximum Gasteiger partial charge on any atom is 0.119 e. The number of phenolic OH excluding ortho intramolecular Hbond substituents is 1. The highest BCUT2D eigenvalue weighted by Gasteiger charge is 2.37. The van der Waals surface area contributed by atoms with Crippen LogP contribution < -0.4 is 0 Å². The summed E-state index contributed by atoms with van der Waals surface area (Å²) in [6.07, 6.45) is 5.17. The summed E-state index contributed by atoms with van der Waals surface area (Å²) in [4.78, 5) is 2.44. The fraction of sp³-hybridized carbons (Fsp3) is 0.529. The molecule has 3 rings (SSSR count). The Hall–Kier alpha value is -1.32. The second kappa shape index (κ2) is 5.58.